The lowest BCUT2D eigenvalue weighted by Gasteiger charge is -2.20. The highest BCUT2D eigenvalue weighted by Gasteiger charge is 2.07. The van der Waals surface area contributed by atoms with Crippen LogP contribution in [-0.2, 0) is 11.2 Å². The highest BCUT2D eigenvalue weighted by molar-refractivity contribution is 5.31. The maximum absolute atomic E-state index is 5.90. The molecular formula is C28H43NO. The van der Waals surface area contributed by atoms with Crippen molar-refractivity contribution in [3.05, 3.63) is 71.3 Å². The lowest BCUT2D eigenvalue weighted by atomic mass is 9.97. The van der Waals surface area contributed by atoms with Crippen molar-refractivity contribution < 1.29 is 4.74 Å². The minimum Gasteiger partial charge on any atom is -0.376 e. The molecule has 0 aromatic heterocycles. The Balaban J connectivity index is 1.63. The van der Waals surface area contributed by atoms with Gasteiger partial charge in [-0.15, -0.1) is 0 Å². The molecule has 0 fully saturated rings. The highest BCUT2D eigenvalue weighted by Crippen LogP contribution is 2.18. The van der Waals surface area contributed by atoms with Crippen molar-refractivity contribution in [2.24, 2.45) is 5.92 Å². The van der Waals surface area contributed by atoms with Crippen LogP contribution in [0.2, 0.25) is 0 Å². The van der Waals surface area contributed by atoms with E-state index in [4.69, 9.17) is 4.74 Å². The van der Waals surface area contributed by atoms with Crippen LogP contribution in [0.3, 0.4) is 0 Å². The molecule has 1 atom stereocenters. The molecule has 1 aliphatic carbocycles. The summed E-state index contributed by atoms with van der Waals surface area (Å²) in [6.45, 7) is 8.55. The Morgan fingerprint density at radius 3 is 2.60 bits per heavy atom. The van der Waals surface area contributed by atoms with Crippen LogP contribution in [0.1, 0.15) is 64.4 Å². The molecule has 0 amide bonds. The molecule has 0 saturated carbocycles. The molecule has 1 unspecified atom stereocenters. The second kappa shape index (κ2) is 15.2. The summed E-state index contributed by atoms with van der Waals surface area (Å²) in [6.07, 6.45) is 19.0. The fraction of sp³-hybridized carbons (Fsp3) is 0.571. The van der Waals surface area contributed by atoms with Crippen molar-refractivity contribution in [3.63, 3.8) is 0 Å². The summed E-state index contributed by atoms with van der Waals surface area (Å²) in [5, 5.41) is 0. The fourth-order valence-electron chi connectivity index (χ4n) is 4.07. The molecule has 2 rings (SSSR count). The summed E-state index contributed by atoms with van der Waals surface area (Å²) >= 11 is 0. The smallest absolute Gasteiger partial charge is 0.0716 e. The van der Waals surface area contributed by atoms with Crippen molar-refractivity contribution in [1.82, 2.24) is 4.90 Å². The summed E-state index contributed by atoms with van der Waals surface area (Å²) in [5.41, 5.74) is 4.15. The number of rotatable bonds is 15. The van der Waals surface area contributed by atoms with Gasteiger partial charge in [0, 0.05) is 0 Å². The third-order valence-electron chi connectivity index (χ3n) is 6.12. The van der Waals surface area contributed by atoms with E-state index in [-0.39, 0.29) is 0 Å². The van der Waals surface area contributed by atoms with Crippen LogP contribution in [0.25, 0.3) is 0 Å². The highest BCUT2D eigenvalue weighted by atomic mass is 16.5. The number of hydrogen-bond acceptors (Lipinski definition) is 2. The molecule has 0 saturated heterocycles. The van der Waals surface area contributed by atoms with Crippen molar-refractivity contribution in [1.29, 1.82) is 0 Å². The second-order valence-electron chi connectivity index (χ2n) is 8.72. The Morgan fingerprint density at radius 2 is 1.83 bits per heavy atom. The molecule has 0 heterocycles. The van der Waals surface area contributed by atoms with Gasteiger partial charge in [-0.2, -0.15) is 0 Å². The Bertz CT molecular complexity index is 658. The molecule has 0 N–H and O–H groups in total. The summed E-state index contributed by atoms with van der Waals surface area (Å²) in [4.78, 5) is 2.52. The van der Waals surface area contributed by atoms with E-state index >= 15 is 0 Å². The molecule has 0 radical (unpaired) electrons. The molecule has 0 spiro atoms. The number of hydrogen-bond donors (Lipinski definition) is 0. The van der Waals surface area contributed by atoms with Gasteiger partial charge in [0.05, 0.1) is 13.2 Å². The van der Waals surface area contributed by atoms with E-state index in [1.54, 1.807) is 0 Å². The van der Waals surface area contributed by atoms with Gasteiger partial charge in [-0.1, -0.05) is 93.3 Å². The SMILES string of the molecule is CCCC(CC)CCN(C)CCCC1=CC=C(COCCc2ccccc2)C=CC1. The van der Waals surface area contributed by atoms with Crippen molar-refractivity contribution >= 4 is 0 Å². The third kappa shape index (κ3) is 10.4. The summed E-state index contributed by atoms with van der Waals surface area (Å²) < 4.78 is 5.90. The van der Waals surface area contributed by atoms with Gasteiger partial charge in [0.25, 0.3) is 0 Å². The lowest BCUT2D eigenvalue weighted by Crippen LogP contribution is -2.23. The van der Waals surface area contributed by atoms with Gasteiger partial charge in [0.1, 0.15) is 0 Å². The van der Waals surface area contributed by atoms with Crippen LogP contribution < -0.4 is 0 Å². The molecule has 1 aliphatic rings. The average molecular weight is 410 g/mol. The van der Waals surface area contributed by atoms with Crippen LogP contribution >= 0.6 is 0 Å². The Hall–Kier alpha value is -1.64. The van der Waals surface area contributed by atoms with Crippen LogP contribution in [0.15, 0.2) is 65.8 Å². The van der Waals surface area contributed by atoms with Crippen LogP contribution in [0.5, 0.6) is 0 Å². The second-order valence-corrected chi connectivity index (χ2v) is 8.72. The van der Waals surface area contributed by atoms with Crippen molar-refractivity contribution in [2.45, 2.75) is 65.2 Å². The normalized spacial score (nSPS) is 15.1. The zero-order chi connectivity index (χ0) is 21.4. The Morgan fingerprint density at radius 1 is 1.00 bits per heavy atom. The zero-order valence-electron chi connectivity index (χ0n) is 19.6. The van der Waals surface area contributed by atoms with E-state index in [0.717, 1.165) is 25.4 Å². The molecule has 2 heteroatoms. The molecule has 30 heavy (non-hydrogen) atoms. The van der Waals surface area contributed by atoms with E-state index in [1.807, 2.05) is 0 Å². The topological polar surface area (TPSA) is 12.5 Å². The molecule has 1 aromatic carbocycles. The fourth-order valence-corrected chi connectivity index (χ4v) is 4.07. The maximum Gasteiger partial charge on any atom is 0.0716 e. The zero-order valence-corrected chi connectivity index (χ0v) is 19.6. The third-order valence-corrected chi connectivity index (χ3v) is 6.12. The van der Waals surface area contributed by atoms with Crippen molar-refractivity contribution in [3.8, 4) is 0 Å². The minimum atomic E-state index is 0.701. The number of allylic oxidation sites excluding steroid dienone is 4. The molecule has 1 aromatic rings. The quantitative estimate of drug-likeness (QED) is 0.290. The van der Waals surface area contributed by atoms with Crippen LogP contribution in [0.4, 0.5) is 0 Å². The van der Waals surface area contributed by atoms with Gasteiger partial charge in [0.2, 0.25) is 0 Å². The Kier molecular flexibility index (Phi) is 12.5. The maximum atomic E-state index is 5.90. The van der Waals surface area contributed by atoms with E-state index in [0.29, 0.717) is 6.61 Å². The van der Waals surface area contributed by atoms with E-state index in [2.05, 4.69) is 80.4 Å². The molecular weight excluding hydrogens is 366 g/mol. The summed E-state index contributed by atoms with van der Waals surface area (Å²) in [6, 6.07) is 10.6. The largest absolute Gasteiger partial charge is 0.376 e. The van der Waals surface area contributed by atoms with Gasteiger partial charge >= 0.3 is 0 Å². The van der Waals surface area contributed by atoms with Crippen LogP contribution in [-0.4, -0.2) is 38.3 Å². The molecule has 0 aliphatic heterocycles. The van der Waals surface area contributed by atoms with E-state index < -0.39 is 0 Å². The van der Waals surface area contributed by atoms with Gasteiger partial charge in [-0.3, -0.25) is 0 Å². The van der Waals surface area contributed by atoms with Gasteiger partial charge < -0.3 is 9.64 Å². The first kappa shape index (κ1) is 24.6. The first-order valence-corrected chi connectivity index (χ1v) is 12.1. The lowest BCUT2D eigenvalue weighted by molar-refractivity contribution is 0.161. The summed E-state index contributed by atoms with van der Waals surface area (Å²) in [7, 11) is 2.28. The monoisotopic (exact) mass is 409 g/mol. The minimum absolute atomic E-state index is 0.701. The number of benzene rings is 1. The standard InChI is InChI=1S/C28H43NO/c1-4-11-25(5-2)19-22-29(3)21-10-16-26-14-9-15-28(18-17-26)24-30-23-20-27-12-7-6-8-13-27/h6-9,12-13,15,17-18,25H,4-5,10-11,14,16,19-24H2,1-3H3. The first-order valence-electron chi connectivity index (χ1n) is 12.1. The number of nitrogens with zero attached hydrogens (tertiary/aromatic N) is 1. The summed E-state index contributed by atoms with van der Waals surface area (Å²) in [5.74, 6) is 0.908. The van der Waals surface area contributed by atoms with E-state index in [9.17, 15) is 0 Å². The molecule has 0 bridgehead atoms. The van der Waals surface area contributed by atoms with Gasteiger partial charge in [0.15, 0.2) is 0 Å². The van der Waals surface area contributed by atoms with Gasteiger partial charge in [-0.25, -0.2) is 0 Å². The molecule has 2 nitrogen and oxygen atoms in total. The molecule has 166 valence electrons. The van der Waals surface area contributed by atoms with Crippen molar-refractivity contribution in [2.75, 3.05) is 33.4 Å². The van der Waals surface area contributed by atoms with Gasteiger partial charge in [-0.05, 0) is 69.3 Å². The van der Waals surface area contributed by atoms with Crippen LogP contribution in [0, 0.1) is 5.92 Å². The average Bonchev–Trinajstić information content (AvgIpc) is 3.00. The Labute approximate surface area is 185 Å². The predicted molar refractivity (Wildman–Crippen MR) is 131 cm³/mol. The first-order chi connectivity index (χ1) is 14.7. The number of ether oxygens (including phenoxy) is 1. The van der Waals surface area contributed by atoms with E-state index in [1.165, 1.54) is 68.3 Å². The predicted octanol–water partition coefficient (Wildman–Crippen LogP) is 6.99.